The lowest BCUT2D eigenvalue weighted by atomic mass is 10.2. The highest BCUT2D eigenvalue weighted by Crippen LogP contribution is 2.22. The summed E-state index contributed by atoms with van der Waals surface area (Å²) in [6, 6.07) is 15.9. The average Bonchev–Trinajstić information content (AvgIpc) is 2.65. The maximum atomic E-state index is 12.4. The van der Waals surface area contributed by atoms with Crippen LogP contribution >= 0.6 is 11.6 Å². The number of nitrogens with zero attached hydrogens (tertiary/aromatic N) is 1. The molecule has 27 heavy (non-hydrogen) atoms. The first-order chi connectivity index (χ1) is 13.0. The predicted molar refractivity (Wildman–Crippen MR) is 108 cm³/mol. The van der Waals surface area contributed by atoms with E-state index in [0.29, 0.717) is 27.6 Å². The Balaban J connectivity index is 1.70. The maximum Gasteiger partial charge on any atom is 0.257 e. The van der Waals surface area contributed by atoms with Crippen molar-refractivity contribution in [3.63, 3.8) is 0 Å². The van der Waals surface area contributed by atoms with Crippen LogP contribution in [0.5, 0.6) is 0 Å². The molecule has 6 nitrogen and oxygen atoms in total. The fourth-order valence-electron chi connectivity index (χ4n) is 2.40. The van der Waals surface area contributed by atoms with E-state index < -0.39 is 0 Å². The Morgan fingerprint density at radius 1 is 0.889 bits per heavy atom. The number of hydrogen-bond acceptors (Lipinski definition) is 4. The third kappa shape index (κ3) is 5.05. The Morgan fingerprint density at radius 3 is 2.30 bits per heavy atom. The highest BCUT2D eigenvalue weighted by atomic mass is 35.5. The minimum absolute atomic E-state index is 0.128. The topological polar surface area (TPSA) is 83.1 Å². The van der Waals surface area contributed by atoms with Gasteiger partial charge < -0.3 is 16.0 Å². The number of nitrogens with one attached hydrogen (secondary N) is 3. The van der Waals surface area contributed by atoms with E-state index in [2.05, 4.69) is 20.9 Å². The molecule has 0 radical (unpaired) electrons. The molecule has 3 rings (SSSR count). The van der Waals surface area contributed by atoms with Gasteiger partial charge in [-0.05, 0) is 42.5 Å². The Labute approximate surface area is 161 Å². The van der Waals surface area contributed by atoms with Gasteiger partial charge in [-0.25, -0.2) is 0 Å². The van der Waals surface area contributed by atoms with Crippen molar-refractivity contribution >= 4 is 46.2 Å². The van der Waals surface area contributed by atoms with Crippen molar-refractivity contribution in [2.75, 3.05) is 16.0 Å². The number of pyridine rings is 1. The van der Waals surface area contributed by atoms with Crippen LogP contribution < -0.4 is 16.0 Å². The molecule has 0 aliphatic rings. The molecule has 0 bridgehead atoms. The summed E-state index contributed by atoms with van der Waals surface area (Å²) >= 11 is 6.07. The van der Waals surface area contributed by atoms with Crippen LogP contribution in [-0.2, 0) is 4.79 Å². The number of carbonyl (C=O) groups excluding carboxylic acids is 2. The van der Waals surface area contributed by atoms with E-state index in [9.17, 15) is 9.59 Å². The van der Waals surface area contributed by atoms with E-state index >= 15 is 0 Å². The quantitative estimate of drug-likeness (QED) is 0.599. The third-order valence-corrected chi connectivity index (χ3v) is 3.95. The second kappa shape index (κ2) is 8.33. The summed E-state index contributed by atoms with van der Waals surface area (Å²) in [5, 5.41) is 9.11. The van der Waals surface area contributed by atoms with Crippen molar-refractivity contribution < 1.29 is 9.59 Å². The van der Waals surface area contributed by atoms with Crippen molar-refractivity contribution in [3.8, 4) is 0 Å². The molecule has 2 aromatic carbocycles. The number of carbonyl (C=O) groups is 2. The highest BCUT2D eigenvalue weighted by molar-refractivity contribution is 6.33. The van der Waals surface area contributed by atoms with Gasteiger partial charge in [-0.3, -0.25) is 14.6 Å². The van der Waals surface area contributed by atoms with Crippen molar-refractivity contribution in [2.45, 2.75) is 6.92 Å². The minimum atomic E-state index is -0.305. The predicted octanol–water partition coefficient (Wildman–Crippen LogP) is 4.69. The lowest BCUT2D eigenvalue weighted by Gasteiger charge is -2.10. The molecule has 0 unspecified atom stereocenters. The molecule has 0 saturated heterocycles. The number of hydrogen-bond donors (Lipinski definition) is 3. The third-order valence-electron chi connectivity index (χ3n) is 3.62. The molecule has 0 atom stereocenters. The van der Waals surface area contributed by atoms with Gasteiger partial charge in [0.15, 0.2) is 0 Å². The molecular formula is C20H17ClN4O2. The van der Waals surface area contributed by atoms with E-state index in [1.165, 1.54) is 13.1 Å². The largest absolute Gasteiger partial charge is 0.354 e. The van der Waals surface area contributed by atoms with Crippen molar-refractivity contribution in [2.24, 2.45) is 0 Å². The van der Waals surface area contributed by atoms with Crippen LogP contribution in [0.25, 0.3) is 0 Å². The molecule has 0 aliphatic carbocycles. The molecule has 2 amide bonds. The lowest BCUT2D eigenvalue weighted by molar-refractivity contribution is -0.114. The van der Waals surface area contributed by atoms with Gasteiger partial charge in [-0.2, -0.15) is 0 Å². The van der Waals surface area contributed by atoms with Crippen LogP contribution in [0.1, 0.15) is 17.3 Å². The normalized spacial score (nSPS) is 10.1. The number of benzene rings is 2. The monoisotopic (exact) mass is 380 g/mol. The fourth-order valence-corrected chi connectivity index (χ4v) is 2.58. The summed E-state index contributed by atoms with van der Waals surface area (Å²) < 4.78 is 0. The van der Waals surface area contributed by atoms with Crippen LogP contribution in [0.4, 0.5) is 22.7 Å². The van der Waals surface area contributed by atoms with E-state index in [1.54, 1.807) is 48.7 Å². The molecule has 0 aliphatic heterocycles. The van der Waals surface area contributed by atoms with E-state index in [0.717, 1.165) is 5.69 Å². The van der Waals surface area contributed by atoms with E-state index in [1.807, 2.05) is 12.1 Å². The first-order valence-electron chi connectivity index (χ1n) is 8.17. The van der Waals surface area contributed by atoms with Gasteiger partial charge >= 0.3 is 0 Å². The summed E-state index contributed by atoms with van der Waals surface area (Å²) in [4.78, 5) is 27.6. The summed E-state index contributed by atoms with van der Waals surface area (Å²) in [7, 11) is 0. The number of para-hydroxylation sites is 1. The molecule has 0 saturated carbocycles. The van der Waals surface area contributed by atoms with Gasteiger partial charge in [0.2, 0.25) is 5.91 Å². The Morgan fingerprint density at radius 2 is 1.59 bits per heavy atom. The molecule has 0 spiro atoms. The van der Waals surface area contributed by atoms with Gasteiger partial charge in [-0.1, -0.05) is 23.7 Å². The second-order valence-electron chi connectivity index (χ2n) is 5.78. The SMILES string of the molecule is CC(=O)Nc1ccc(Nc2cncc(C(=O)Nc3ccccc3Cl)c2)cc1. The Hall–Kier alpha value is -3.38. The maximum absolute atomic E-state index is 12.4. The molecule has 1 aromatic heterocycles. The first kappa shape index (κ1) is 18.4. The zero-order chi connectivity index (χ0) is 19.2. The molecular weight excluding hydrogens is 364 g/mol. The van der Waals surface area contributed by atoms with Crippen LogP contribution in [-0.4, -0.2) is 16.8 Å². The zero-order valence-electron chi connectivity index (χ0n) is 14.5. The number of halogens is 1. The molecule has 0 fully saturated rings. The standard InChI is InChI=1S/C20H17ClN4O2/c1-13(26)23-15-6-8-16(9-7-15)24-17-10-14(11-22-12-17)20(27)25-19-5-3-2-4-18(19)21/h2-12,24H,1H3,(H,23,26)(H,25,27). The smallest absolute Gasteiger partial charge is 0.257 e. The molecule has 7 heteroatoms. The summed E-state index contributed by atoms with van der Waals surface area (Å²) in [6.45, 7) is 1.46. The number of rotatable bonds is 5. The van der Waals surface area contributed by atoms with Crippen molar-refractivity contribution in [1.29, 1.82) is 0 Å². The average molecular weight is 381 g/mol. The Bertz CT molecular complexity index is 974. The van der Waals surface area contributed by atoms with E-state index in [4.69, 9.17) is 11.6 Å². The van der Waals surface area contributed by atoms with Gasteiger partial charge in [0.1, 0.15) is 0 Å². The summed E-state index contributed by atoms with van der Waals surface area (Å²) in [6.07, 6.45) is 3.10. The summed E-state index contributed by atoms with van der Waals surface area (Å²) in [5.74, 6) is -0.433. The zero-order valence-corrected chi connectivity index (χ0v) is 15.2. The van der Waals surface area contributed by atoms with Gasteiger partial charge in [0.05, 0.1) is 28.2 Å². The molecule has 136 valence electrons. The first-order valence-corrected chi connectivity index (χ1v) is 8.55. The number of amides is 2. The van der Waals surface area contributed by atoms with Gasteiger partial charge in [0.25, 0.3) is 5.91 Å². The fraction of sp³-hybridized carbons (Fsp3) is 0.0500. The second-order valence-corrected chi connectivity index (χ2v) is 6.19. The van der Waals surface area contributed by atoms with Crippen LogP contribution in [0, 0.1) is 0 Å². The van der Waals surface area contributed by atoms with Crippen LogP contribution in [0.2, 0.25) is 5.02 Å². The van der Waals surface area contributed by atoms with Crippen molar-refractivity contribution in [3.05, 3.63) is 77.6 Å². The number of anilines is 4. The van der Waals surface area contributed by atoms with Crippen molar-refractivity contribution in [1.82, 2.24) is 4.98 Å². The van der Waals surface area contributed by atoms with Gasteiger partial charge in [-0.15, -0.1) is 0 Å². The highest BCUT2D eigenvalue weighted by Gasteiger charge is 2.09. The number of aromatic nitrogens is 1. The van der Waals surface area contributed by atoms with E-state index in [-0.39, 0.29) is 11.8 Å². The molecule has 1 heterocycles. The minimum Gasteiger partial charge on any atom is -0.354 e. The molecule has 3 aromatic rings. The summed E-state index contributed by atoms with van der Waals surface area (Å²) in [5.41, 5.74) is 3.11. The van der Waals surface area contributed by atoms with Gasteiger partial charge in [0, 0.05) is 24.5 Å². The molecule has 3 N–H and O–H groups in total. The van der Waals surface area contributed by atoms with Crippen LogP contribution in [0.15, 0.2) is 67.0 Å². The lowest BCUT2D eigenvalue weighted by Crippen LogP contribution is -2.12. The van der Waals surface area contributed by atoms with Crippen LogP contribution in [0.3, 0.4) is 0 Å². The Kier molecular flexibility index (Phi) is 5.68.